The number of hydrogen-bond donors (Lipinski definition) is 5. The van der Waals surface area contributed by atoms with Crippen LogP contribution in [0.3, 0.4) is 0 Å². The Kier molecular flexibility index (Phi) is 5.75. The van der Waals surface area contributed by atoms with Crippen molar-refractivity contribution in [1.29, 1.82) is 0 Å². The van der Waals surface area contributed by atoms with E-state index >= 15 is 0 Å². The molecule has 1 fully saturated rings. The van der Waals surface area contributed by atoms with E-state index in [2.05, 4.69) is 0 Å². The molecule has 1 aromatic rings. The Balaban J connectivity index is 2.07. The lowest BCUT2D eigenvalue weighted by Gasteiger charge is -2.51. The summed E-state index contributed by atoms with van der Waals surface area (Å²) in [7, 11) is 0. The molecule has 4 rings (SSSR count). The van der Waals surface area contributed by atoms with Crippen LogP contribution in [0, 0.1) is 15.4 Å². The molecule has 0 radical (unpaired) electrons. The number of esters is 1. The summed E-state index contributed by atoms with van der Waals surface area (Å²) >= 11 is 2.01. The maximum atomic E-state index is 13.7. The highest BCUT2D eigenvalue weighted by Gasteiger charge is 2.66. The molecule has 0 aromatic heterocycles. The molecule has 0 saturated heterocycles. The lowest BCUT2D eigenvalue weighted by atomic mass is 9.55. The van der Waals surface area contributed by atoms with Crippen molar-refractivity contribution in [3.63, 3.8) is 0 Å². The molecule has 1 saturated carbocycles. The van der Waals surface area contributed by atoms with Gasteiger partial charge in [0.25, 0.3) is 5.91 Å². The fraction of sp³-hybridized carbons (Fsp3) is 0.391. The third-order valence-electron chi connectivity index (χ3n) is 6.95. The van der Waals surface area contributed by atoms with Gasteiger partial charge in [0.15, 0.2) is 11.4 Å². The predicted molar refractivity (Wildman–Crippen MR) is 124 cm³/mol. The number of carbonyl (C=O) groups excluding carboxylic acids is 4. The number of ether oxygens (including phenoxy) is 1. The number of rotatable bonds is 3. The second-order valence-corrected chi connectivity index (χ2v) is 9.82. The lowest BCUT2D eigenvalue weighted by Crippen LogP contribution is -2.64. The van der Waals surface area contributed by atoms with Gasteiger partial charge in [-0.3, -0.25) is 19.2 Å². The number of aliphatic hydroxyl groups excluding tert-OH is 2. The first kappa shape index (κ1) is 24.2. The van der Waals surface area contributed by atoms with Crippen molar-refractivity contribution in [3.05, 3.63) is 43.7 Å². The summed E-state index contributed by atoms with van der Waals surface area (Å²) in [6, 6.07) is 2.96. The number of hydrogen-bond acceptors (Lipinski definition) is 9. The first-order valence-electron chi connectivity index (χ1n) is 10.6. The number of carbonyl (C=O) groups is 4. The van der Waals surface area contributed by atoms with Crippen LogP contribution in [0.4, 0.5) is 0 Å². The van der Waals surface area contributed by atoms with Crippen LogP contribution in [-0.2, 0) is 23.9 Å². The largest absolute Gasteiger partial charge is 0.508 e. The van der Waals surface area contributed by atoms with Crippen molar-refractivity contribution in [2.45, 2.75) is 44.3 Å². The van der Waals surface area contributed by atoms with E-state index in [4.69, 9.17) is 10.5 Å². The van der Waals surface area contributed by atoms with E-state index < -0.39 is 76.4 Å². The Morgan fingerprint density at radius 1 is 1.24 bits per heavy atom. The Bertz CT molecular complexity index is 1230. The van der Waals surface area contributed by atoms with Gasteiger partial charge in [-0.05, 0) is 46.2 Å². The molecule has 11 heteroatoms. The summed E-state index contributed by atoms with van der Waals surface area (Å²) in [4.78, 5) is 50.6. The number of halogens is 1. The number of phenols is 1. The fourth-order valence-corrected chi connectivity index (χ4v) is 6.32. The molecule has 1 amide bonds. The van der Waals surface area contributed by atoms with Gasteiger partial charge >= 0.3 is 5.97 Å². The molecule has 5 unspecified atom stereocenters. The van der Waals surface area contributed by atoms with Gasteiger partial charge in [0.05, 0.1) is 5.56 Å². The zero-order chi connectivity index (χ0) is 25.3. The summed E-state index contributed by atoms with van der Waals surface area (Å²) in [6.07, 6.45) is -1.99. The normalized spacial score (nSPS) is 30.5. The number of aromatic hydroxyl groups is 1. The molecule has 0 aliphatic heterocycles. The second-order valence-electron chi connectivity index (χ2n) is 8.66. The molecule has 0 heterocycles. The molecule has 180 valence electrons. The van der Waals surface area contributed by atoms with E-state index in [1.165, 1.54) is 13.0 Å². The molecular weight excluding hydrogens is 561 g/mol. The maximum Gasteiger partial charge on any atom is 0.305 e. The van der Waals surface area contributed by atoms with Crippen LogP contribution in [0.1, 0.15) is 43.7 Å². The number of phenolic OH excluding ortho intramolecular Hbond substituents is 1. The molecule has 0 bridgehead atoms. The zero-order valence-corrected chi connectivity index (χ0v) is 20.3. The molecule has 34 heavy (non-hydrogen) atoms. The van der Waals surface area contributed by atoms with Gasteiger partial charge in [-0.1, -0.05) is 13.8 Å². The maximum absolute atomic E-state index is 13.7. The topological polar surface area (TPSA) is 184 Å². The van der Waals surface area contributed by atoms with Crippen LogP contribution in [0.25, 0.3) is 5.76 Å². The molecule has 10 nitrogen and oxygen atoms in total. The predicted octanol–water partition coefficient (Wildman–Crippen LogP) is 1.52. The Morgan fingerprint density at radius 2 is 1.88 bits per heavy atom. The number of ketones is 2. The molecular formula is C23H22INO9. The van der Waals surface area contributed by atoms with Gasteiger partial charge in [-0.25, -0.2) is 0 Å². The van der Waals surface area contributed by atoms with Crippen molar-refractivity contribution in [3.8, 4) is 5.75 Å². The second kappa shape index (κ2) is 8.08. The van der Waals surface area contributed by atoms with Gasteiger partial charge in [0, 0.05) is 33.8 Å². The van der Waals surface area contributed by atoms with Gasteiger partial charge in [-0.2, -0.15) is 0 Å². The zero-order valence-electron chi connectivity index (χ0n) is 18.2. The molecule has 1 aromatic carbocycles. The number of Topliss-reactive ketones (excluding diaryl/α,β-unsaturated/α-hetero) is 2. The highest BCUT2D eigenvalue weighted by molar-refractivity contribution is 14.1. The number of aliphatic hydroxyl groups is 3. The van der Waals surface area contributed by atoms with E-state index in [1.54, 1.807) is 13.0 Å². The average molecular weight is 583 g/mol. The average Bonchev–Trinajstić information content (AvgIpc) is 2.77. The van der Waals surface area contributed by atoms with Gasteiger partial charge in [0.2, 0.25) is 5.78 Å². The van der Waals surface area contributed by atoms with Crippen LogP contribution in [0.5, 0.6) is 5.75 Å². The number of amides is 1. The fourth-order valence-electron chi connectivity index (χ4n) is 5.38. The van der Waals surface area contributed by atoms with E-state index in [-0.39, 0.29) is 23.3 Å². The summed E-state index contributed by atoms with van der Waals surface area (Å²) in [5.41, 5.74) is 1.53. The SMILES string of the molecule is CCC(=O)OC1C2C(=C(O)c3c(O)ccc(I)c3C2C)C(=O)C2(O)C(O)=C(C(N)=O)C(=O)CC12. The van der Waals surface area contributed by atoms with E-state index in [1.807, 2.05) is 22.6 Å². The number of nitrogens with two attached hydrogens (primary N) is 1. The van der Waals surface area contributed by atoms with Crippen LogP contribution in [-0.4, -0.2) is 55.6 Å². The minimum Gasteiger partial charge on any atom is -0.508 e. The molecule has 5 atom stereocenters. The van der Waals surface area contributed by atoms with Crippen molar-refractivity contribution < 1.29 is 44.3 Å². The third-order valence-corrected chi connectivity index (χ3v) is 7.89. The van der Waals surface area contributed by atoms with Gasteiger partial charge in [-0.15, -0.1) is 0 Å². The van der Waals surface area contributed by atoms with Crippen molar-refractivity contribution >= 4 is 51.8 Å². The van der Waals surface area contributed by atoms with E-state index in [9.17, 15) is 39.6 Å². The summed E-state index contributed by atoms with van der Waals surface area (Å²) in [5, 5.41) is 43.9. The van der Waals surface area contributed by atoms with Gasteiger partial charge < -0.3 is 30.9 Å². The molecule has 0 spiro atoms. The quantitative estimate of drug-likeness (QED) is 0.200. The summed E-state index contributed by atoms with van der Waals surface area (Å²) < 4.78 is 6.29. The number of fused-ring (bicyclic) bond motifs is 3. The van der Waals surface area contributed by atoms with Crippen molar-refractivity contribution in [2.75, 3.05) is 0 Å². The minimum atomic E-state index is -2.86. The number of primary amides is 1. The summed E-state index contributed by atoms with van der Waals surface area (Å²) in [5.74, 6) is -9.35. The standard InChI is InChI=1S/C23H22INO9/c1-3-12(28)34-19-8-6-11(27)16(22(25)32)20(30)23(8,33)21(31)17-14(19)7(2)13-9(24)4-5-10(26)15(13)18(17)29/h4-5,7-8,14,19,26,29-30,33H,3,6H2,1-2H3,(H2,25,32). The highest BCUT2D eigenvalue weighted by atomic mass is 127. The van der Waals surface area contributed by atoms with Crippen LogP contribution in [0.15, 0.2) is 29.0 Å². The first-order chi connectivity index (χ1) is 15.9. The van der Waals surface area contributed by atoms with Crippen molar-refractivity contribution in [2.24, 2.45) is 17.6 Å². The Morgan fingerprint density at radius 3 is 2.47 bits per heavy atom. The Hall–Kier alpha value is -2.93. The van der Waals surface area contributed by atoms with E-state index in [0.29, 0.717) is 9.13 Å². The highest BCUT2D eigenvalue weighted by Crippen LogP contribution is 2.57. The van der Waals surface area contributed by atoms with Crippen LogP contribution in [0.2, 0.25) is 0 Å². The monoisotopic (exact) mass is 583 g/mol. The summed E-state index contributed by atoms with van der Waals surface area (Å²) in [6.45, 7) is 3.24. The smallest absolute Gasteiger partial charge is 0.305 e. The third kappa shape index (κ3) is 3.09. The minimum absolute atomic E-state index is 0.0212. The van der Waals surface area contributed by atoms with Crippen molar-refractivity contribution in [1.82, 2.24) is 0 Å². The molecule has 6 N–H and O–H groups in total. The van der Waals surface area contributed by atoms with Gasteiger partial charge in [0.1, 0.15) is 28.9 Å². The lowest BCUT2D eigenvalue weighted by molar-refractivity contribution is -0.178. The Labute approximate surface area is 207 Å². The number of benzene rings is 1. The van der Waals surface area contributed by atoms with Crippen LogP contribution >= 0.6 is 22.6 Å². The van der Waals surface area contributed by atoms with Crippen LogP contribution < -0.4 is 5.73 Å². The van der Waals surface area contributed by atoms with E-state index in [0.717, 1.165) is 0 Å². The molecule has 3 aliphatic carbocycles. The molecule has 3 aliphatic rings. The first-order valence-corrected chi connectivity index (χ1v) is 11.6.